The van der Waals surface area contributed by atoms with E-state index in [-0.39, 0.29) is 6.54 Å². The molecule has 0 aromatic carbocycles. The van der Waals surface area contributed by atoms with Gasteiger partial charge in [0.25, 0.3) is 0 Å². The summed E-state index contributed by atoms with van der Waals surface area (Å²) in [5.74, 6) is -0.905. The van der Waals surface area contributed by atoms with Crippen molar-refractivity contribution in [2.45, 2.75) is 12.5 Å². The first-order chi connectivity index (χ1) is 7.99. The number of aliphatic hydroxyl groups is 1. The molecule has 1 heterocycles. The molecule has 1 aliphatic rings. The van der Waals surface area contributed by atoms with Crippen molar-refractivity contribution in [2.24, 2.45) is 5.92 Å². The number of rotatable bonds is 5. The lowest BCUT2D eigenvalue weighted by atomic mass is 10.1. The van der Waals surface area contributed by atoms with Crippen LogP contribution < -0.4 is 10.6 Å². The molecule has 4 N–H and O–H groups in total. The van der Waals surface area contributed by atoms with E-state index in [4.69, 9.17) is 10.2 Å². The highest BCUT2D eigenvalue weighted by atomic mass is 16.4. The van der Waals surface area contributed by atoms with Crippen molar-refractivity contribution < 1.29 is 19.8 Å². The first-order valence-electron chi connectivity index (χ1n) is 5.60. The summed E-state index contributed by atoms with van der Waals surface area (Å²) < 4.78 is 0. The number of nitrogens with one attached hydrogen (secondary N) is 2. The number of nitrogens with zero attached hydrogens (tertiary/aromatic N) is 1. The van der Waals surface area contributed by atoms with Crippen LogP contribution in [0.15, 0.2) is 0 Å². The number of aliphatic hydroxyl groups excluding tert-OH is 1. The maximum Gasteiger partial charge on any atom is 0.334 e. The first-order valence-corrected chi connectivity index (χ1v) is 5.60. The van der Waals surface area contributed by atoms with E-state index in [1.807, 2.05) is 7.05 Å². The summed E-state index contributed by atoms with van der Waals surface area (Å²) in [5, 5.41) is 22.3. The number of hydrogen-bond acceptors (Lipinski definition) is 4. The van der Waals surface area contributed by atoms with Crippen molar-refractivity contribution in [3.8, 4) is 0 Å². The summed E-state index contributed by atoms with van der Waals surface area (Å²) in [7, 11) is 2.03. The van der Waals surface area contributed by atoms with Gasteiger partial charge in [-0.05, 0) is 25.9 Å². The van der Waals surface area contributed by atoms with Gasteiger partial charge in [0.15, 0.2) is 6.10 Å². The Bertz CT molecular complexity index is 285. The molecule has 1 saturated heterocycles. The molecule has 2 amide bonds. The van der Waals surface area contributed by atoms with E-state index < -0.39 is 18.1 Å². The molecule has 0 aromatic rings. The molecule has 1 aliphatic heterocycles. The SMILES string of the molecule is CN1CCC(CNC(=O)NC[C@H](O)C(=O)O)C1. The third kappa shape index (κ3) is 5.01. The fraction of sp³-hybridized carbons (Fsp3) is 0.800. The molecule has 0 aromatic heterocycles. The summed E-state index contributed by atoms with van der Waals surface area (Å²) >= 11 is 0. The fourth-order valence-corrected chi connectivity index (χ4v) is 1.77. The van der Waals surface area contributed by atoms with Crippen LogP contribution in [0.25, 0.3) is 0 Å². The topological polar surface area (TPSA) is 102 Å². The lowest BCUT2D eigenvalue weighted by Gasteiger charge is -2.13. The standard InChI is InChI=1S/C10H19N3O4/c1-13-3-2-7(6-13)4-11-10(17)12-5-8(14)9(15)16/h7-8,14H,2-6H2,1H3,(H,15,16)(H2,11,12,17)/t7?,8-/m0/s1. The Morgan fingerprint density at radius 3 is 2.71 bits per heavy atom. The molecule has 1 rings (SSSR count). The average Bonchev–Trinajstić information content (AvgIpc) is 2.69. The van der Waals surface area contributed by atoms with Gasteiger partial charge in [0.05, 0.1) is 6.54 Å². The fourth-order valence-electron chi connectivity index (χ4n) is 1.77. The summed E-state index contributed by atoms with van der Waals surface area (Å²) in [6.45, 7) is 2.27. The minimum atomic E-state index is -1.56. The number of carboxylic acid groups (broad SMARTS) is 1. The second kappa shape index (κ2) is 6.41. The number of amides is 2. The highest BCUT2D eigenvalue weighted by molar-refractivity contribution is 5.76. The zero-order valence-electron chi connectivity index (χ0n) is 9.85. The van der Waals surface area contributed by atoms with Gasteiger partial charge in [-0.25, -0.2) is 9.59 Å². The van der Waals surface area contributed by atoms with E-state index in [1.54, 1.807) is 0 Å². The minimum Gasteiger partial charge on any atom is -0.479 e. The summed E-state index contributed by atoms with van der Waals surface area (Å²) in [6.07, 6.45) is -0.507. The van der Waals surface area contributed by atoms with Gasteiger partial charge in [0.1, 0.15) is 0 Å². The largest absolute Gasteiger partial charge is 0.479 e. The Labute approximate surface area is 99.8 Å². The van der Waals surface area contributed by atoms with E-state index in [0.29, 0.717) is 12.5 Å². The van der Waals surface area contributed by atoms with Gasteiger partial charge in [-0.1, -0.05) is 0 Å². The maximum atomic E-state index is 11.3. The first kappa shape index (κ1) is 13.7. The van der Waals surface area contributed by atoms with Gasteiger partial charge in [0, 0.05) is 13.1 Å². The van der Waals surface area contributed by atoms with Crippen molar-refractivity contribution in [1.82, 2.24) is 15.5 Å². The van der Waals surface area contributed by atoms with Crippen molar-refractivity contribution in [3.05, 3.63) is 0 Å². The van der Waals surface area contributed by atoms with Gasteiger partial charge in [-0.2, -0.15) is 0 Å². The van der Waals surface area contributed by atoms with Gasteiger partial charge >= 0.3 is 12.0 Å². The number of carboxylic acids is 1. The molecule has 2 atom stereocenters. The van der Waals surface area contributed by atoms with Crippen LogP contribution in [0.5, 0.6) is 0 Å². The molecular weight excluding hydrogens is 226 g/mol. The third-order valence-electron chi connectivity index (χ3n) is 2.78. The number of urea groups is 1. The molecule has 1 fully saturated rings. The predicted octanol–water partition coefficient (Wildman–Crippen LogP) is -1.32. The second-order valence-corrected chi connectivity index (χ2v) is 4.36. The monoisotopic (exact) mass is 245 g/mol. The Hall–Kier alpha value is -1.34. The summed E-state index contributed by atoms with van der Waals surface area (Å²) in [4.78, 5) is 23.7. The average molecular weight is 245 g/mol. The highest BCUT2D eigenvalue weighted by Crippen LogP contribution is 2.12. The lowest BCUT2D eigenvalue weighted by molar-refractivity contribution is -0.146. The smallest absolute Gasteiger partial charge is 0.334 e. The normalized spacial score (nSPS) is 22.1. The second-order valence-electron chi connectivity index (χ2n) is 4.36. The molecule has 17 heavy (non-hydrogen) atoms. The highest BCUT2D eigenvalue weighted by Gasteiger charge is 2.20. The molecule has 7 heteroatoms. The predicted molar refractivity (Wildman–Crippen MR) is 60.6 cm³/mol. The molecule has 0 bridgehead atoms. The maximum absolute atomic E-state index is 11.3. The van der Waals surface area contributed by atoms with Crippen molar-refractivity contribution in [3.63, 3.8) is 0 Å². The molecule has 0 radical (unpaired) electrons. The zero-order chi connectivity index (χ0) is 12.8. The van der Waals surface area contributed by atoms with Crippen molar-refractivity contribution in [2.75, 3.05) is 33.2 Å². The quantitative estimate of drug-likeness (QED) is 0.481. The van der Waals surface area contributed by atoms with Crippen LogP contribution >= 0.6 is 0 Å². The number of likely N-dealkylation sites (tertiary alicyclic amines) is 1. The minimum absolute atomic E-state index is 0.286. The van der Waals surface area contributed by atoms with Crippen LogP contribution in [0.2, 0.25) is 0 Å². The number of hydrogen-bond donors (Lipinski definition) is 4. The van der Waals surface area contributed by atoms with Crippen LogP contribution in [0.3, 0.4) is 0 Å². The van der Waals surface area contributed by atoms with Gasteiger partial charge in [-0.15, -0.1) is 0 Å². The molecule has 0 saturated carbocycles. The number of carbonyl (C=O) groups is 2. The van der Waals surface area contributed by atoms with Crippen LogP contribution in [-0.2, 0) is 4.79 Å². The third-order valence-corrected chi connectivity index (χ3v) is 2.78. The zero-order valence-corrected chi connectivity index (χ0v) is 9.85. The Balaban J connectivity index is 2.11. The van der Waals surface area contributed by atoms with E-state index in [1.165, 1.54) is 0 Å². The molecule has 7 nitrogen and oxygen atoms in total. The van der Waals surface area contributed by atoms with Crippen molar-refractivity contribution in [1.29, 1.82) is 0 Å². The molecule has 1 unspecified atom stereocenters. The lowest BCUT2D eigenvalue weighted by Crippen LogP contribution is -2.43. The Morgan fingerprint density at radius 1 is 1.47 bits per heavy atom. The molecule has 0 spiro atoms. The Morgan fingerprint density at radius 2 is 2.18 bits per heavy atom. The number of aliphatic carboxylic acids is 1. The van der Waals surface area contributed by atoms with Crippen molar-refractivity contribution >= 4 is 12.0 Å². The van der Waals surface area contributed by atoms with Gasteiger partial charge < -0.3 is 25.7 Å². The Kier molecular flexibility index (Phi) is 5.17. The molecular formula is C10H19N3O4. The van der Waals surface area contributed by atoms with Crippen LogP contribution in [0.4, 0.5) is 4.79 Å². The van der Waals surface area contributed by atoms with E-state index in [9.17, 15) is 9.59 Å². The van der Waals surface area contributed by atoms with E-state index >= 15 is 0 Å². The van der Waals surface area contributed by atoms with Crippen LogP contribution in [-0.4, -0.2) is 66.4 Å². The molecule has 0 aliphatic carbocycles. The van der Waals surface area contributed by atoms with E-state index in [2.05, 4.69) is 15.5 Å². The summed E-state index contributed by atoms with van der Waals surface area (Å²) in [6, 6.07) is -0.445. The van der Waals surface area contributed by atoms with Gasteiger partial charge in [-0.3, -0.25) is 0 Å². The van der Waals surface area contributed by atoms with E-state index in [0.717, 1.165) is 19.5 Å². The number of carbonyl (C=O) groups excluding carboxylic acids is 1. The summed E-state index contributed by atoms with van der Waals surface area (Å²) in [5.41, 5.74) is 0. The van der Waals surface area contributed by atoms with Crippen LogP contribution in [0, 0.1) is 5.92 Å². The van der Waals surface area contributed by atoms with Gasteiger partial charge in [0.2, 0.25) is 0 Å². The van der Waals surface area contributed by atoms with Crippen LogP contribution in [0.1, 0.15) is 6.42 Å². The molecule has 98 valence electrons.